The molecule has 2 atom stereocenters. The van der Waals surface area contributed by atoms with Crippen molar-refractivity contribution in [2.24, 2.45) is 11.8 Å². The van der Waals surface area contributed by atoms with Gasteiger partial charge in [0.05, 0.1) is 11.6 Å². The summed E-state index contributed by atoms with van der Waals surface area (Å²) in [6.07, 6.45) is -2.88. The van der Waals surface area contributed by atoms with Crippen LogP contribution in [0.3, 0.4) is 0 Å². The number of alkyl halides is 3. The molecule has 0 N–H and O–H groups in total. The highest BCUT2D eigenvalue weighted by atomic mass is 35.5. The topological polar surface area (TPSA) is 42.9 Å². The summed E-state index contributed by atoms with van der Waals surface area (Å²) in [5, 5.41) is -0.0706. The van der Waals surface area contributed by atoms with Gasteiger partial charge >= 0.3 is 6.18 Å². The number of carbonyl (C=O) groups excluding carboxylic acids is 1. The quantitative estimate of drug-likeness (QED) is 0.764. The van der Waals surface area contributed by atoms with Crippen LogP contribution in [0.1, 0.15) is 42.9 Å². The molecule has 0 aliphatic carbocycles. The van der Waals surface area contributed by atoms with E-state index in [2.05, 4.69) is 9.97 Å². The second kappa shape index (κ2) is 6.52. The molecule has 20 heavy (non-hydrogen) atoms. The minimum Gasteiger partial charge on any atom is -0.292 e. The van der Waals surface area contributed by atoms with E-state index < -0.39 is 23.8 Å². The summed E-state index contributed by atoms with van der Waals surface area (Å²) in [6.45, 7) is 4.38. The standard InChI is InChI=1S/C13H16ClF3N2O/c1-4-9(5-7(2)13(15,16)17)11(20)10-12(14)18-6-8(3)19-10/h6-7,9H,4-5H2,1-3H3. The minimum atomic E-state index is -4.31. The van der Waals surface area contributed by atoms with Crippen LogP contribution in [-0.2, 0) is 0 Å². The van der Waals surface area contributed by atoms with Crippen LogP contribution in [0.25, 0.3) is 0 Å². The molecule has 0 fully saturated rings. The average Bonchev–Trinajstić information content (AvgIpc) is 2.36. The first kappa shape index (κ1) is 16.9. The van der Waals surface area contributed by atoms with Crippen LogP contribution >= 0.6 is 11.6 Å². The van der Waals surface area contributed by atoms with Crippen LogP contribution in [-0.4, -0.2) is 21.9 Å². The van der Waals surface area contributed by atoms with E-state index in [0.717, 1.165) is 6.92 Å². The highest BCUT2D eigenvalue weighted by molar-refractivity contribution is 6.32. The molecule has 112 valence electrons. The molecule has 0 saturated heterocycles. The molecule has 0 saturated carbocycles. The molecular weight excluding hydrogens is 293 g/mol. The van der Waals surface area contributed by atoms with Gasteiger partial charge in [0.1, 0.15) is 5.69 Å². The molecular formula is C13H16ClF3N2O. The van der Waals surface area contributed by atoms with E-state index in [1.165, 1.54) is 6.20 Å². The number of ketones is 1. The number of aromatic nitrogens is 2. The predicted molar refractivity (Wildman–Crippen MR) is 69.7 cm³/mol. The lowest BCUT2D eigenvalue weighted by Gasteiger charge is -2.20. The van der Waals surface area contributed by atoms with E-state index in [0.29, 0.717) is 12.1 Å². The zero-order chi connectivity index (χ0) is 15.5. The average molecular weight is 309 g/mol. The number of nitrogens with zero attached hydrogens (tertiary/aromatic N) is 2. The van der Waals surface area contributed by atoms with Gasteiger partial charge in [0.25, 0.3) is 0 Å². The molecule has 1 aromatic rings. The van der Waals surface area contributed by atoms with Crippen molar-refractivity contribution >= 4 is 17.4 Å². The highest BCUT2D eigenvalue weighted by Gasteiger charge is 2.38. The zero-order valence-corrected chi connectivity index (χ0v) is 12.2. The van der Waals surface area contributed by atoms with Crippen molar-refractivity contribution in [1.29, 1.82) is 0 Å². The van der Waals surface area contributed by atoms with Gasteiger partial charge in [-0.3, -0.25) is 4.79 Å². The lowest BCUT2D eigenvalue weighted by molar-refractivity contribution is -0.172. The first-order chi connectivity index (χ1) is 9.16. The molecule has 0 spiro atoms. The van der Waals surface area contributed by atoms with Crippen LogP contribution in [0, 0.1) is 18.8 Å². The van der Waals surface area contributed by atoms with Crippen LogP contribution in [0.15, 0.2) is 6.20 Å². The smallest absolute Gasteiger partial charge is 0.292 e. The number of aryl methyl sites for hydroxylation is 1. The van der Waals surface area contributed by atoms with Crippen LogP contribution in [0.2, 0.25) is 5.15 Å². The van der Waals surface area contributed by atoms with E-state index in [4.69, 9.17) is 11.6 Å². The largest absolute Gasteiger partial charge is 0.391 e. The fraction of sp³-hybridized carbons (Fsp3) is 0.615. The molecule has 0 aliphatic heterocycles. The zero-order valence-electron chi connectivity index (χ0n) is 11.5. The van der Waals surface area contributed by atoms with Gasteiger partial charge in [0, 0.05) is 12.1 Å². The summed E-state index contributed by atoms with van der Waals surface area (Å²) >= 11 is 5.80. The van der Waals surface area contributed by atoms with Gasteiger partial charge in [-0.1, -0.05) is 25.4 Å². The number of hydrogen-bond acceptors (Lipinski definition) is 3. The monoisotopic (exact) mass is 308 g/mol. The Morgan fingerprint density at radius 3 is 2.55 bits per heavy atom. The van der Waals surface area contributed by atoms with Gasteiger partial charge < -0.3 is 0 Å². The van der Waals surface area contributed by atoms with Crippen molar-refractivity contribution < 1.29 is 18.0 Å². The molecule has 0 aliphatic rings. The molecule has 0 amide bonds. The third-order valence-corrected chi connectivity index (χ3v) is 3.42. The van der Waals surface area contributed by atoms with E-state index in [1.807, 2.05) is 0 Å². The maximum absolute atomic E-state index is 12.6. The van der Waals surface area contributed by atoms with Crippen LogP contribution in [0.5, 0.6) is 0 Å². The van der Waals surface area contributed by atoms with Crippen molar-refractivity contribution in [3.63, 3.8) is 0 Å². The number of halogens is 4. The molecule has 1 aromatic heterocycles. The Morgan fingerprint density at radius 1 is 1.45 bits per heavy atom. The van der Waals surface area contributed by atoms with Crippen molar-refractivity contribution in [1.82, 2.24) is 9.97 Å². The van der Waals surface area contributed by atoms with Gasteiger partial charge in [-0.15, -0.1) is 0 Å². The molecule has 0 bridgehead atoms. The van der Waals surface area contributed by atoms with E-state index in [1.54, 1.807) is 13.8 Å². The lowest BCUT2D eigenvalue weighted by Crippen LogP contribution is -2.26. The maximum atomic E-state index is 12.6. The SMILES string of the molecule is CCC(CC(C)C(F)(F)F)C(=O)c1nc(C)cnc1Cl. The summed E-state index contributed by atoms with van der Waals surface area (Å²) in [7, 11) is 0. The molecule has 1 heterocycles. The normalized spacial score (nSPS) is 14.9. The maximum Gasteiger partial charge on any atom is 0.391 e. The van der Waals surface area contributed by atoms with Gasteiger partial charge in [-0.25, -0.2) is 9.97 Å². The number of Topliss-reactive ketones (excluding diaryl/α,β-unsaturated/α-hetero) is 1. The Labute approximate surface area is 120 Å². The van der Waals surface area contributed by atoms with E-state index >= 15 is 0 Å². The Bertz CT molecular complexity index is 491. The lowest BCUT2D eigenvalue weighted by atomic mass is 9.88. The van der Waals surface area contributed by atoms with Crippen molar-refractivity contribution in [2.75, 3.05) is 0 Å². The summed E-state index contributed by atoms with van der Waals surface area (Å²) in [6, 6.07) is 0. The van der Waals surface area contributed by atoms with Crippen molar-refractivity contribution in [3.8, 4) is 0 Å². The number of hydrogen-bond donors (Lipinski definition) is 0. The van der Waals surface area contributed by atoms with Gasteiger partial charge in [0.2, 0.25) is 0 Å². The predicted octanol–water partition coefficient (Wildman–Crippen LogP) is 4.24. The van der Waals surface area contributed by atoms with E-state index in [-0.39, 0.29) is 17.3 Å². The summed E-state index contributed by atoms with van der Waals surface area (Å²) < 4.78 is 37.8. The van der Waals surface area contributed by atoms with Gasteiger partial charge in [-0.05, 0) is 19.8 Å². The fourth-order valence-corrected chi connectivity index (χ4v) is 2.02. The fourth-order valence-electron chi connectivity index (χ4n) is 1.83. The Balaban J connectivity index is 2.95. The summed E-state index contributed by atoms with van der Waals surface area (Å²) in [5.74, 6) is -2.79. The van der Waals surface area contributed by atoms with Crippen LogP contribution < -0.4 is 0 Å². The number of carbonyl (C=O) groups is 1. The van der Waals surface area contributed by atoms with Crippen molar-refractivity contribution in [3.05, 3.63) is 22.7 Å². The number of rotatable bonds is 5. The molecule has 1 rings (SSSR count). The highest BCUT2D eigenvalue weighted by Crippen LogP contribution is 2.33. The molecule has 3 nitrogen and oxygen atoms in total. The Kier molecular flexibility index (Phi) is 5.50. The second-order valence-electron chi connectivity index (χ2n) is 4.80. The van der Waals surface area contributed by atoms with E-state index in [9.17, 15) is 18.0 Å². The third-order valence-electron chi connectivity index (χ3n) is 3.14. The first-order valence-electron chi connectivity index (χ1n) is 6.26. The Hall–Kier alpha value is -1.17. The molecule has 7 heteroatoms. The summed E-state index contributed by atoms with van der Waals surface area (Å²) in [4.78, 5) is 20.0. The summed E-state index contributed by atoms with van der Waals surface area (Å²) in [5.41, 5.74) is 0.448. The van der Waals surface area contributed by atoms with Gasteiger partial charge in [-0.2, -0.15) is 13.2 Å². The minimum absolute atomic E-state index is 0.0482. The molecule has 0 aromatic carbocycles. The molecule has 0 radical (unpaired) electrons. The Morgan fingerprint density at radius 2 is 2.05 bits per heavy atom. The van der Waals surface area contributed by atoms with Gasteiger partial charge in [0.15, 0.2) is 10.9 Å². The first-order valence-corrected chi connectivity index (χ1v) is 6.64. The van der Waals surface area contributed by atoms with Crippen molar-refractivity contribution in [2.45, 2.75) is 39.8 Å². The van der Waals surface area contributed by atoms with Crippen LogP contribution in [0.4, 0.5) is 13.2 Å². The third kappa shape index (κ3) is 4.16. The molecule has 2 unspecified atom stereocenters. The second-order valence-corrected chi connectivity index (χ2v) is 5.16.